The minimum absolute atomic E-state index is 0.0539. The Balaban J connectivity index is 1.54. The summed E-state index contributed by atoms with van der Waals surface area (Å²) in [6.07, 6.45) is 6.92. The zero-order chi connectivity index (χ0) is 19.5. The number of benzene rings is 1. The van der Waals surface area contributed by atoms with E-state index in [1.165, 1.54) is 25.7 Å². The number of likely N-dealkylation sites (N-methyl/N-ethyl adjacent to an activating group) is 1. The number of carbonyl (C=O) groups excluding carboxylic acids is 1. The number of hydrogen-bond donors (Lipinski definition) is 1. The summed E-state index contributed by atoms with van der Waals surface area (Å²) in [5.74, 6) is -0.0539. The van der Waals surface area contributed by atoms with E-state index in [0.717, 1.165) is 28.8 Å². The van der Waals surface area contributed by atoms with Gasteiger partial charge in [0.05, 0.1) is 22.5 Å². The van der Waals surface area contributed by atoms with Crippen molar-refractivity contribution >= 4 is 16.8 Å². The van der Waals surface area contributed by atoms with Gasteiger partial charge in [-0.15, -0.1) is 0 Å². The van der Waals surface area contributed by atoms with Crippen LogP contribution in [0.1, 0.15) is 36.0 Å². The van der Waals surface area contributed by atoms with Crippen LogP contribution in [0.15, 0.2) is 42.6 Å². The van der Waals surface area contributed by atoms with E-state index in [1.54, 1.807) is 10.9 Å². The second-order valence-electron chi connectivity index (χ2n) is 7.59. The normalized spacial score (nSPS) is 14.8. The highest BCUT2D eigenvalue weighted by Crippen LogP contribution is 2.25. The molecule has 0 aliphatic heterocycles. The molecule has 4 rings (SSSR count). The number of pyridine rings is 1. The van der Waals surface area contributed by atoms with E-state index in [1.807, 2.05) is 43.4 Å². The number of rotatable bonds is 6. The van der Waals surface area contributed by atoms with Gasteiger partial charge in [0.2, 0.25) is 0 Å². The molecule has 0 atom stereocenters. The summed E-state index contributed by atoms with van der Waals surface area (Å²) in [5.41, 5.74) is 3.12. The van der Waals surface area contributed by atoms with Crippen molar-refractivity contribution in [3.05, 3.63) is 48.2 Å². The fraction of sp³-hybridized carbons (Fsp3) is 0.409. The average Bonchev–Trinajstić information content (AvgIpc) is 3.38. The largest absolute Gasteiger partial charge is 0.351 e. The first-order chi connectivity index (χ1) is 13.6. The van der Waals surface area contributed by atoms with Crippen molar-refractivity contribution in [2.45, 2.75) is 31.7 Å². The molecule has 0 unspecified atom stereocenters. The maximum absolute atomic E-state index is 13.0. The highest BCUT2D eigenvalue weighted by Gasteiger charge is 2.20. The quantitative estimate of drug-likeness (QED) is 0.716. The predicted molar refractivity (Wildman–Crippen MR) is 111 cm³/mol. The zero-order valence-electron chi connectivity index (χ0n) is 16.6. The third-order valence-corrected chi connectivity index (χ3v) is 5.74. The average molecular weight is 377 g/mol. The van der Waals surface area contributed by atoms with Crippen molar-refractivity contribution in [1.82, 2.24) is 25.0 Å². The molecule has 1 amide bonds. The number of carbonyl (C=O) groups is 1. The summed E-state index contributed by atoms with van der Waals surface area (Å²) < 4.78 is 1.77. The van der Waals surface area contributed by atoms with Gasteiger partial charge in [0.15, 0.2) is 0 Å². The highest BCUT2D eigenvalue weighted by molar-refractivity contribution is 6.07. The van der Waals surface area contributed by atoms with Gasteiger partial charge in [-0.05, 0) is 38.1 Å². The smallest absolute Gasteiger partial charge is 0.252 e. The minimum Gasteiger partial charge on any atom is -0.351 e. The summed E-state index contributed by atoms with van der Waals surface area (Å²) in [6.45, 7) is 1.51. The second-order valence-corrected chi connectivity index (χ2v) is 7.59. The summed E-state index contributed by atoms with van der Waals surface area (Å²) in [5, 5.41) is 8.20. The predicted octanol–water partition coefficient (Wildman–Crippen LogP) is 3.24. The molecule has 1 aliphatic rings. The molecule has 0 radical (unpaired) electrons. The molecule has 1 saturated carbocycles. The number of aromatic nitrogens is 3. The van der Waals surface area contributed by atoms with Gasteiger partial charge in [-0.1, -0.05) is 31.0 Å². The van der Waals surface area contributed by atoms with Gasteiger partial charge in [-0.3, -0.25) is 9.48 Å². The van der Waals surface area contributed by atoms with Gasteiger partial charge in [0.25, 0.3) is 5.91 Å². The molecule has 1 fully saturated rings. The molecule has 1 aliphatic carbocycles. The number of hydrogen-bond acceptors (Lipinski definition) is 4. The van der Waals surface area contributed by atoms with Gasteiger partial charge >= 0.3 is 0 Å². The van der Waals surface area contributed by atoms with Gasteiger partial charge in [-0.25, -0.2) is 4.98 Å². The molecule has 2 heterocycles. The lowest BCUT2D eigenvalue weighted by atomic mass is 10.1. The van der Waals surface area contributed by atoms with Crippen LogP contribution in [0.25, 0.3) is 22.3 Å². The third kappa shape index (κ3) is 3.78. The van der Waals surface area contributed by atoms with E-state index < -0.39 is 0 Å². The van der Waals surface area contributed by atoms with Crippen molar-refractivity contribution in [1.29, 1.82) is 0 Å². The fourth-order valence-electron chi connectivity index (χ4n) is 4.09. The van der Waals surface area contributed by atoms with Crippen molar-refractivity contribution in [3.63, 3.8) is 0 Å². The van der Waals surface area contributed by atoms with Crippen molar-refractivity contribution in [3.8, 4) is 11.4 Å². The Bertz CT molecular complexity index is 974. The number of aryl methyl sites for hydroxylation is 1. The number of fused-ring (bicyclic) bond motifs is 1. The van der Waals surface area contributed by atoms with Crippen LogP contribution in [-0.2, 0) is 7.05 Å². The van der Waals surface area contributed by atoms with E-state index in [-0.39, 0.29) is 5.91 Å². The first kappa shape index (κ1) is 18.6. The first-order valence-corrected chi connectivity index (χ1v) is 10.00. The van der Waals surface area contributed by atoms with Gasteiger partial charge in [0, 0.05) is 37.8 Å². The standard InChI is InChI=1S/C22H27N5O/c1-26(16-7-3-4-8-16)14-13-23-22(28)18-15-20(21-11-12-24-27(21)2)25-19-10-6-5-9-17(18)19/h5-6,9-12,15-16H,3-4,7-8,13-14H2,1-2H3,(H,23,28). The summed E-state index contributed by atoms with van der Waals surface area (Å²) >= 11 is 0. The van der Waals surface area contributed by atoms with Crippen LogP contribution in [0.3, 0.4) is 0 Å². The number of nitrogens with zero attached hydrogens (tertiary/aromatic N) is 4. The fourth-order valence-corrected chi connectivity index (χ4v) is 4.09. The van der Waals surface area contributed by atoms with Crippen LogP contribution in [-0.4, -0.2) is 51.8 Å². The molecule has 1 N–H and O–H groups in total. The highest BCUT2D eigenvalue weighted by atomic mass is 16.1. The number of nitrogens with one attached hydrogen (secondary N) is 1. The van der Waals surface area contributed by atoms with Gasteiger partial charge < -0.3 is 10.2 Å². The van der Waals surface area contributed by atoms with E-state index in [0.29, 0.717) is 18.2 Å². The van der Waals surface area contributed by atoms with Gasteiger partial charge in [0.1, 0.15) is 0 Å². The molecule has 2 aromatic heterocycles. The summed E-state index contributed by atoms with van der Waals surface area (Å²) in [4.78, 5) is 20.1. The third-order valence-electron chi connectivity index (χ3n) is 5.74. The molecule has 146 valence electrons. The molecule has 6 heteroatoms. The SMILES string of the molecule is CN(CCNC(=O)c1cc(-c2ccnn2C)nc2ccccc12)C1CCCC1. The van der Waals surface area contributed by atoms with Crippen LogP contribution in [0, 0.1) is 0 Å². The van der Waals surface area contributed by atoms with E-state index >= 15 is 0 Å². The monoisotopic (exact) mass is 377 g/mol. The molecule has 6 nitrogen and oxygen atoms in total. The first-order valence-electron chi connectivity index (χ1n) is 10.00. The van der Waals surface area contributed by atoms with E-state index in [2.05, 4.69) is 22.4 Å². The van der Waals surface area contributed by atoms with E-state index in [4.69, 9.17) is 4.98 Å². The Morgan fingerprint density at radius 2 is 2.04 bits per heavy atom. The van der Waals surface area contributed by atoms with Crippen molar-refractivity contribution in [2.24, 2.45) is 7.05 Å². The van der Waals surface area contributed by atoms with Crippen LogP contribution in [0.2, 0.25) is 0 Å². The summed E-state index contributed by atoms with van der Waals surface area (Å²) in [6, 6.07) is 12.2. The van der Waals surface area contributed by atoms with Crippen LogP contribution in [0.5, 0.6) is 0 Å². The van der Waals surface area contributed by atoms with Crippen molar-refractivity contribution in [2.75, 3.05) is 20.1 Å². The van der Waals surface area contributed by atoms with Crippen LogP contribution in [0.4, 0.5) is 0 Å². The number of para-hydroxylation sites is 1. The molecule has 1 aromatic carbocycles. The van der Waals surface area contributed by atoms with Crippen LogP contribution < -0.4 is 5.32 Å². The summed E-state index contributed by atoms with van der Waals surface area (Å²) in [7, 11) is 4.04. The second kappa shape index (κ2) is 8.10. The number of amides is 1. The molecule has 3 aromatic rings. The Labute approximate surface area is 165 Å². The lowest BCUT2D eigenvalue weighted by molar-refractivity contribution is 0.0949. The van der Waals surface area contributed by atoms with E-state index in [9.17, 15) is 4.79 Å². The molecule has 0 bridgehead atoms. The maximum Gasteiger partial charge on any atom is 0.252 e. The Morgan fingerprint density at radius 3 is 2.79 bits per heavy atom. The van der Waals surface area contributed by atoms with Crippen LogP contribution >= 0.6 is 0 Å². The molecule has 28 heavy (non-hydrogen) atoms. The lowest BCUT2D eigenvalue weighted by Crippen LogP contribution is -2.37. The Morgan fingerprint density at radius 1 is 1.25 bits per heavy atom. The minimum atomic E-state index is -0.0539. The lowest BCUT2D eigenvalue weighted by Gasteiger charge is -2.24. The zero-order valence-corrected chi connectivity index (χ0v) is 16.6. The Kier molecular flexibility index (Phi) is 5.39. The Hall–Kier alpha value is -2.73. The molecule has 0 saturated heterocycles. The molecular weight excluding hydrogens is 350 g/mol. The van der Waals surface area contributed by atoms with Crippen molar-refractivity contribution < 1.29 is 4.79 Å². The molecular formula is C22H27N5O. The maximum atomic E-state index is 13.0. The van der Waals surface area contributed by atoms with Gasteiger partial charge in [-0.2, -0.15) is 5.10 Å². The topological polar surface area (TPSA) is 63.1 Å². The molecule has 0 spiro atoms.